The smallest absolute Gasteiger partial charge is 0.133 e. The second-order valence-electron chi connectivity index (χ2n) is 3.97. The van der Waals surface area contributed by atoms with Crippen molar-refractivity contribution in [2.24, 2.45) is 0 Å². The minimum atomic E-state index is -0.549. The minimum absolute atomic E-state index is 0.0158. The first-order valence-corrected chi connectivity index (χ1v) is 4.57. The van der Waals surface area contributed by atoms with Crippen molar-refractivity contribution in [3.05, 3.63) is 17.5 Å². The molecule has 0 aliphatic heterocycles. The van der Waals surface area contributed by atoms with Gasteiger partial charge < -0.3 is 4.52 Å². The van der Waals surface area contributed by atoms with E-state index in [1.54, 1.807) is 0 Å². The Morgan fingerprint density at radius 1 is 1.64 bits per heavy atom. The molecule has 1 aromatic rings. The lowest BCUT2D eigenvalue weighted by molar-refractivity contribution is 0.365. The molecule has 0 aliphatic rings. The van der Waals surface area contributed by atoms with Gasteiger partial charge in [-0.25, -0.2) is 0 Å². The normalized spacial score (nSPS) is 13.6. The van der Waals surface area contributed by atoms with Crippen molar-refractivity contribution in [2.45, 2.75) is 39.3 Å². The molecule has 1 rings (SSSR count). The molecule has 1 atom stereocenters. The molecule has 0 spiro atoms. The van der Waals surface area contributed by atoms with E-state index in [1.165, 1.54) is 0 Å². The van der Waals surface area contributed by atoms with Crippen LogP contribution in [0.2, 0.25) is 0 Å². The molecule has 0 fully saturated rings. The Kier molecular flexibility index (Phi) is 2.92. The molecule has 0 bridgehead atoms. The average molecular weight is 193 g/mol. The van der Waals surface area contributed by atoms with Crippen LogP contribution in [0.1, 0.15) is 38.3 Å². The van der Waals surface area contributed by atoms with Crippen molar-refractivity contribution < 1.29 is 4.52 Å². The Bertz CT molecular complexity index is 348. The maximum atomic E-state index is 8.84. The number of hydrogen-bond donors (Lipinski definition) is 1. The number of aryl methyl sites for hydroxylation is 1. The van der Waals surface area contributed by atoms with Crippen LogP contribution in [0.25, 0.3) is 0 Å². The topological polar surface area (TPSA) is 61.9 Å². The van der Waals surface area contributed by atoms with E-state index in [9.17, 15) is 0 Å². The summed E-state index contributed by atoms with van der Waals surface area (Å²) in [5.41, 5.74) is 0.276. The van der Waals surface area contributed by atoms with Crippen molar-refractivity contribution in [2.75, 3.05) is 0 Å². The Morgan fingerprint density at radius 2 is 2.29 bits per heavy atom. The summed E-state index contributed by atoms with van der Waals surface area (Å²) < 4.78 is 4.96. The third-order valence-electron chi connectivity index (χ3n) is 1.95. The van der Waals surface area contributed by atoms with Crippen molar-refractivity contribution in [1.82, 2.24) is 10.5 Å². The first kappa shape index (κ1) is 10.7. The van der Waals surface area contributed by atoms with Crippen LogP contribution >= 0.6 is 0 Å². The summed E-state index contributed by atoms with van der Waals surface area (Å²) in [6.45, 7) is 7.46. The summed E-state index contributed by atoms with van der Waals surface area (Å²) >= 11 is 0. The zero-order valence-corrected chi connectivity index (χ0v) is 8.96. The Balaban J connectivity index is 2.69. The van der Waals surface area contributed by atoms with Gasteiger partial charge in [-0.15, -0.1) is 0 Å². The van der Waals surface area contributed by atoms with E-state index < -0.39 is 5.54 Å². The Hall–Kier alpha value is -1.34. The SMILES string of the molecule is Cc1cc([C@@H](C)NC(C)(C)C#N)no1. The predicted octanol–water partition coefficient (Wildman–Crippen LogP) is 1.94. The maximum Gasteiger partial charge on any atom is 0.133 e. The molecule has 0 amide bonds. The summed E-state index contributed by atoms with van der Waals surface area (Å²) in [4.78, 5) is 0. The Labute approximate surface area is 83.9 Å². The van der Waals surface area contributed by atoms with Crippen LogP contribution in [0.3, 0.4) is 0 Å². The fourth-order valence-electron chi connectivity index (χ4n) is 1.24. The molecule has 0 saturated carbocycles. The lowest BCUT2D eigenvalue weighted by Crippen LogP contribution is -2.39. The fraction of sp³-hybridized carbons (Fsp3) is 0.600. The molecule has 0 aliphatic carbocycles. The van der Waals surface area contributed by atoms with Gasteiger partial charge in [0, 0.05) is 6.07 Å². The third kappa shape index (κ3) is 2.57. The lowest BCUT2D eigenvalue weighted by Gasteiger charge is -2.21. The molecule has 0 saturated heterocycles. The van der Waals surface area contributed by atoms with Crippen LogP contribution in [-0.2, 0) is 0 Å². The van der Waals surface area contributed by atoms with Crippen molar-refractivity contribution in [3.8, 4) is 6.07 Å². The fourth-order valence-corrected chi connectivity index (χ4v) is 1.24. The summed E-state index contributed by atoms with van der Waals surface area (Å²) in [5, 5.41) is 15.9. The molecular formula is C10H15N3O. The second kappa shape index (κ2) is 3.81. The quantitative estimate of drug-likeness (QED) is 0.796. The average Bonchev–Trinajstić information content (AvgIpc) is 2.51. The van der Waals surface area contributed by atoms with E-state index in [4.69, 9.17) is 9.78 Å². The number of hydrogen-bond acceptors (Lipinski definition) is 4. The molecular weight excluding hydrogens is 178 g/mol. The molecule has 1 heterocycles. The van der Waals surface area contributed by atoms with Crippen LogP contribution in [0.4, 0.5) is 0 Å². The molecule has 0 radical (unpaired) electrons. The number of nitriles is 1. The van der Waals surface area contributed by atoms with Crippen LogP contribution in [0.15, 0.2) is 10.6 Å². The predicted molar refractivity (Wildman–Crippen MR) is 52.5 cm³/mol. The first-order chi connectivity index (χ1) is 6.44. The highest BCUT2D eigenvalue weighted by molar-refractivity contribution is 5.11. The number of nitrogens with zero attached hydrogens (tertiary/aromatic N) is 2. The van der Waals surface area contributed by atoms with Gasteiger partial charge in [0.2, 0.25) is 0 Å². The van der Waals surface area contributed by atoms with E-state index in [-0.39, 0.29) is 6.04 Å². The van der Waals surface area contributed by atoms with Crippen LogP contribution in [-0.4, -0.2) is 10.7 Å². The molecule has 4 nitrogen and oxygen atoms in total. The van der Waals surface area contributed by atoms with Gasteiger partial charge in [-0.2, -0.15) is 5.26 Å². The van der Waals surface area contributed by atoms with Crippen LogP contribution in [0.5, 0.6) is 0 Å². The van der Waals surface area contributed by atoms with Gasteiger partial charge in [-0.1, -0.05) is 5.16 Å². The Morgan fingerprint density at radius 3 is 2.71 bits per heavy atom. The minimum Gasteiger partial charge on any atom is -0.361 e. The summed E-state index contributed by atoms with van der Waals surface area (Å²) in [7, 11) is 0. The lowest BCUT2D eigenvalue weighted by atomic mass is 10.1. The van der Waals surface area contributed by atoms with Gasteiger partial charge in [0.15, 0.2) is 0 Å². The van der Waals surface area contributed by atoms with Crippen molar-refractivity contribution in [3.63, 3.8) is 0 Å². The maximum absolute atomic E-state index is 8.84. The zero-order chi connectivity index (χ0) is 10.8. The third-order valence-corrected chi connectivity index (χ3v) is 1.95. The van der Waals surface area contributed by atoms with Gasteiger partial charge in [0.25, 0.3) is 0 Å². The van der Waals surface area contributed by atoms with E-state index in [0.29, 0.717) is 0 Å². The molecule has 4 heteroatoms. The monoisotopic (exact) mass is 193 g/mol. The molecule has 1 aromatic heterocycles. The van der Waals surface area contributed by atoms with Crippen LogP contribution in [0, 0.1) is 18.3 Å². The van der Waals surface area contributed by atoms with Gasteiger partial charge in [0.1, 0.15) is 17.0 Å². The largest absolute Gasteiger partial charge is 0.361 e. The van der Waals surface area contributed by atoms with Crippen molar-refractivity contribution >= 4 is 0 Å². The number of nitrogens with one attached hydrogen (secondary N) is 1. The van der Waals surface area contributed by atoms with Crippen LogP contribution < -0.4 is 5.32 Å². The summed E-state index contributed by atoms with van der Waals surface area (Å²) in [6, 6.07) is 4.06. The van der Waals surface area contributed by atoms with E-state index in [1.807, 2.05) is 33.8 Å². The van der Waals surface area contributed by atoms with Gasteiger partial charge in [0.05, 0.1) is 12.1 Å². The number of rotatable bonds is 3. The van der Waals surface area contributed by atoms with Gasteiger partial charge in [-0.05, 0) is 27.7 Å². The first-order valence-electron chi connectivity index (χ1n) is 4.57. The van der Waals surface area contributed by atoms with Gasteiger partial charge >= 0.3 is 0 Å². The molecule has 0 aromatic carbocycles. The standard InChI is InChI=1S/C10H15N3O/c1-7-5-9(13-14-7)8(2)12-10(3,4)6-11/h5,8,12H,1-4H3/t8-/m1/s1. The van der Waals surface area contributed by atoms with Crippen molar-refractivity contribution in [1.29, 1.82) is 5.26 Å². The highest BCUT2D eigenvalue weighted by Crippen LogP contribution is 2.15. The summed E-state index contributed by atoms with van der Waals surface area (Å²) in [6.07, 6.45) is 0. The molecule has 1 N–H and O–H groups in total. The van der Waals surface area contributed by atoms with E-state index >= 15 is 0 Å². The molecule has 0 unspecified atom stereocenters. The zero-order valence-electron chi connectivity index (χ0n) is 8.96. The molecule has 76 valence electrons. The van der Waals surface area contributed by atoms with Gasteiger partial charge in [-0.3, -0.25) is 5.32 Å². The summed E-state index contributed by atoms with van der Waals surface area (Å²) in [5.74, 6) is 0.781. The van der Waals surface area contributed by atoms with E-state index in [2.05, 4.69) is 16.5 Å². The van der Waals surface area contributed by atoms with E-state index in [0.717, 1.165) is 11.5 Å². The number of aromatic nitrogens is 1. The highest BCUT2D eigenvalue weighted by Gasteiger charge is 2.21. The second-order valence-corrected chi connectivity index (χ2v) is 3.97. The highest BCUT2D eigenvalue weighted by atomic mass is 16.5. The molecule has 14 heavy (non-hydrogen) atoms.